The number of carbonyl (C=O) groups is 2. The van der Waals surface area contributed by atoms with Crippen molar-refractivity contribution in [1.82, 2.24) is 4.90 Å². The molecule has 3 aromatic rings. The van der Waals surface area contributed by atoms with E-state index in [0.717, 1.165) is 5.56 Å². The van der Waals surface area contributed by atoms with E-state index in [2.05, 4.69) is 0 Å². The van der Waals surface area contributed by atoms with Crippen molar-refractivity contribution in [3.8, 4) is 11.5 Å². The molecule has 0 saturated heterocycles. The molecule has 0 fully saturated rings. The molecule has 4 rings (SSSR count). The van der Waals surface area contributed by atoms with Crippen LogP contribution < -0.4 is 9.47 Å². The quantitative estimate of drug-likeness (QED) is 0.277. The molecule has 2 aromatic carbocycles. The second-order valence-corrected chi connectivity index (χ2v) is 7.76. The fourth-order valence-electron chi connectivity index (χ4n) is 4.07. The molecule has 0 unspecified atom stereocenters. The predicted octanol–water partition coefficient (Wildman–Crippen LogP) is 4.03. The largest absolute Gasteiger partial charge is 0.503 e. The Bertz CT molecular complexity index is 1300. The van der Waals surface area contributed by atoms with E-state index in [1.807, 2.05) is 6.07 Å². The van der Waals surface area contributed by atoms with Crippen LogP contribution in [0.3, 0.4) is 0 Å². The van der Waals surface area contributed by atoms with E-state index in [4.69, 9.17) is 13.9 Å². The van der Waals surface area contributed by atoms with Crippen molar-refractivity contribution < 1.29 is 33.5 Å². The lowest BCUT2D eigenvalue weighted by atomic mass is 9.94. The molecule has 0 saturated carbocycles. The van der Waals surface area contributed by atoms with Crippen LogP contribution in [0.5, 0.6) is 11.5 Å². The van der Waals surface area contributed by atoms with Crippen LogP contribution in [0.4, 0.5) is 5.69 Å². The Labute approximate surface area is 200 Å². The van der Waals surface area contributed by atoms with Gasteiger partial charge in [0.25, 0.3) is 11.6 Å². The van der Waals surface area contributed by atoms with Crippen molar-refractivity contribution in [3.63, 3.8) is 0 Å². The van der Waals surface area contributed by atoms with Gasteiger partial charge in [-0.15, -0.1) is 0 Å². The second kappa shape index (κ2) is 9.72. The molecule has 0 aliphatic carbocycles. The van der Waals surface area contributed by atoms with Crippen molar-refractivity contribution in [2.24, 2.45) is 0 Å². The lowest BCUT2D eigenvalue weighted by molar-refractivity contribution is -0.384. The van der Waals surface area contributed by atoms with Crippen LogP contribution in [0.2, 0.25) is 0 Å². The van der Waals surface area contributed by atoms with Gasteiger partial charge in [-0.25, -0.2) is 0 Å². The Morgan fingerprint density at radius 2 is 1.83 bits per heavy atom. The van der Waals surface area contributed by atoms with Crippen molar-refractivity contribution in [2.75, 3.05) is 20.8 Å². The number of nitrogens with zero attached hydrogens (tertiary/aromatic N) is 2. The summed E-state index contributed by atoms with van der Waals surface area (Å²) in [4.78, 5) is 38.2. The van der Waals surface area contributed by atoms with E-state index in [0.29, 0.717) is 23.5 Å². The zero-order valence-electron chi connectivity index (χ0n) is 19.0. The normalized spacial score (nSPS) is 15.4. The van der Waals surface area contributed by atoms with Crippen molar-refractivity contribution in [2.45, 2.75) is 12.5 Å². The number of ketones is 1. The number of Topliss-reactive ketones (excluding diaryl/α,β-unsaturated/α-hetero) is 1. The SMILES string of the molecule is COc1ccc(CCN2C(=O)C(O)=C(C(=O)c3ccco3)[C@@H]2c2ccc([N+](=O)[O-])cc2)cc1OC. The topological polar surface area (TPSA) is 132 Å². The number of nitro groups is 1. The minimum atomic E-state index is -0.957. The van der Waals surface area contributed by atoms with Gasteiger partial charge in [-0.2, -0.15) is 0 Å². The molecule has 1 amide bonds. The number of non-ortho nitro benzene ring substituents is 1. The number of furan rings is 1. The van der Waals surface area contributed by atoms with Gasteiger partial charge in [-0.05, 0) is 53.9 Å². The Balaban J connectivity index is 1.69. The summed E-state index contributed by atoms with van der Waals surface area (Å²) < 4.78 is 15.8. The molecule has 10 heteroatoms. The molecule has 0 spiro atoms. The smallest absolute Gasteiger partial charge is 0.290 e. The summed E-state index contributed by atoms with van der Waals surface area (Å²) in [6, 6.07) is 12.9. The average Bonchev–Trinajstić information content (AvgIpc) is 3.50. The maximum Gasteiger partial charge on any atom is 0.290 e. The van der Waals surface area contributed by atoms with Crippen LogP contribution in [-0.4, -0.2) is 47.4 Å². The number of aliphatic hydroxyl groups excluding tert-OH is 1. The third kappa shape index (κ3) is 4.45. The van der Waals surface area contributed by atoms with Crippen LogP contribution >= 0.6 is 0 Å². The van der Waals surface area contributed by atoms with Gasteiger partial charge in [0.15, 0.2) is 23.0 Å². The summed E-state index contributed by atoms with van der Waals surface area (Å²) in [6.07, 6.45) is 1.70. The monoisotopic (exact) mass is 478 g/mol. The highest BCUT2D eigenvalue weighted by atomic mass is 16.6. The Hall–Kier alpha value is -4.60. The summed E-state index contributed by atoms with van der Waals surface area (Å²) in [5, 5.41) is 21.8. The molecule has 2 heterocycles. The Morgan fingerprint density at radius 1 is 1.11 bits per heavy atom. The van der Waals surface area contributed by atoms with Gasteiger partial charge in [0.1, 0.15) is 0 Å². The lowest BCUT2D eigenvalue weighted by Crippen LogP contribution is -2.33. The van der Waals surface area contributed by atoms with Crippen LogP contribution in [0.1, 0.15) is 27.7 Å². The van der Waals surface area contributed by atoms with E-state index >= 15 is 0 Å². The molecule has 1 aromatic heterocycles. The van der Waals surface area contributed by atoms with E-state index in [1.54, 1.807) is 12.1 Å². The van der Waals surface area contributed by atoms with Crippen molar-refractivity contribution in [1.29, 1.82) is 0 Å². The number of carbonyl (C=O) groups excluding carboxylic acids is 2. The number of ether oxygens (including phenoxy) is 2. The highest BCUT2D eigenvalue weighted by Gasteiger charge is 2.44. The molecule has 180 valence electrons. The number of nitro benzene ring substituents is 1. The summed E-state index contributed by atoms with van der Waals surface area (Å²) in [7, 11) is 3.05. The predicted molar refractivity (Wildman–Crippen MR) is 123 cm³/mol. The highest BCUT2D eigenvalue weighted by Crippen LogP contribution is 2.39. The molecule has 10 nitrogen and oxygen atoms in total. The zero-order chi connectivity index (χ0) is 25.1. The number of aliphatic hydroxyl groups is 1. The van der Waals surface area contributed by atoms with E-state index in [-0.39, 0.29) is 23.6 Å². The number of benzene rings is 2. The minimum absolute atomic E-state index is 0.0343. The van der Waals surface area contributed by atoms with E-state index in [9.17, 15) is 24.8 Å². The molecule has 1 aliphatic heterocycles. The first-order valence-corrected chi connectivity index (χ1v) is 10.6. The van der Waals surface area contributed by atoms with Crippen molar-refractivity contribution in [3.05, 3.63) is 99.2 Å². The molecule has 1 N–H and O–H groups in total. The second-order valence-electron chi connectivity index (χ2n) is 7.76. The lowest BCUT2D eigenvalue weighted by Gasteiger charge is -2.26. The fourth-order valence-corrected chi connectivity index (χ4v) is 4.07. The first-order valence-electron chi connectivity index (χ1n) is 10.6. The molecule has 35 heavy (non-hydrogen) atoms. The molecule has 0 radical (unpaired) electrons. The standard InChI is InChI=1S/C25H22N2O8/c1-33-18-10-5-15(14-20(18)34-2)11-12-26-22(16-6-8-17(9-7-16)27(31)32)21(24(29)25(26)30)23(28)19-4-3-13-35-19/h3-10,13-14,22,29H,11-12H2,1-2H3/t22-/m0/s1. The third-order valence-corrected chi connectivity index (χ3v) is 5.80. The van der Waals surface area contributed by atoms with Crippen LogP contribution in [0.25, 0.3) is 0 Å². The number of hydrogen-bond acceptors (Lipinski definition) is 8. The molecular weight excluding hydrogens is 456 g/mol. The number of amides is 1. The highest BCUT2D eigenvalue weighted by molar-refractivity contribution is 6.15. The van der Waals surface area contributed by atoms with Crippen molar-refractivity contribution >= 4 is 17.4 Å². The van der Waals surface area contributed by atoms with Gasteiger partial charge in [-0.1, -0.05) is 6.07 Å². The summed E-state index contributed by atoms with van der Waals surface area (Å²) in [5.74, 6) is -0.987. The van der Waals surface area contributed by atoms with E-state index < -0.39 is 28.4 Å². The van der Waals surface area contributed by atoms with Gasteiger partial charge < -0.3 is 23.9 Å². The first-order chi connectivity index (χ1) is 16.8. The Kier molecular flexibility index (Phi) is 6.54. The van der Waals surface area contributed by atoms with Gasteiger partial charge in [0.2, 0.25) is 5.78 Å². The van der Waals surface area contributed by atoms with Crippen LogP contribution in [0.15, 0.2) is 76.6 Å². The summed E-state index contributed by atoms with van der Waals surface area (Å²) in [5.41, 5.74) is 0.992. The Morgan fingerprint density at radius 3 is 2.43 bits per heavy atom. The van der Waals surface area contributed by atoms with Gasteiger partial charge >= 0.3 is 0 Å². The molecule has 0 bridgehead atoms. The summed E-state index contributed by atoms with van der Waals surface area (Å²) in [6.45, 7) is 0.148. The molecule has 1 aliphatic rings. The van der Waals surface area contributed by atoms with Gasteiger partial charge in [-0.3, -0.25) is 19.7 Å². The number of rotatable bonds is 9. The van der Waals surface area contributed by atoms with Gasteiger partial charge in [0.05, 0.1) is 37.0 Å². The molecule has 1 atom stereocenters. The maximum absolute atomic E-state index is 13.2. The summed E-state index contributed by atoms with van der Waals surface area (Å²) >= 11 is 0. The number of hydrogen-bond donors (Lipinski definition) is 1. The minimum Gasteiger partial charge on any atom is -0.503 e. The maximum atomic E-state index is 13.2. The fraction of sp³-hybridized carbons (Fsp3) is 0.200. The van der Waals surface area contributed by atoms with Gasteiger partial charge in [0, 0.05) is 18.7 Å². The van der Waals surface area contributed by atoms with Crippen LogP contribution in [-0.2, 0) is 11.2 Å². The van der Waals surface area contributed by atoms with Crippen LogP contribution in [0, 0.1) is 10.1 Å². The van der Waals surface area contributed by atoms with E-state index in [1.165, 1.54) is 61.8 Å². The average molecular weight is 478 g/mol. The number of methoxy groups -OCH3 is 2. The third-order valence-electron chi connectivity index (χ3n) is 5.80. The first kappa shape index (κ1) is 23.6. The molecular formula is C25H22N2O8. The zero-order valence-corrected chi connectivity index (χ0v) is 19.0.